The molecule has 1 saturated heterocycles. The number of rotatable bonds is 5. The average molecular weight is 406 g/mol. The number of hydrogen-bond acceptors (Lipinski definition) is 4. The number of hydrogen-bond donors (Lipinski definition) is 2. The largest absolute Gasteiger partial charge is 0.335 e. The number of carbonyl (C=O) groups excluding carboxylic acids is 1. The standard InChI is InChI=1S/C23H23FN4O2/c24-20-9-8-14(11-21-17-6-1-2-7-18(17)22(29)27-26-21)10-19(20)23(30)28-12-16(13-28)25-15-4-3-5-15/h1-2,6-10,15-16,25H,3-5,11-13H2,(H,27,29). The van der Waals surface area contributed by atoms with E-state index < -0.39 is 5.82 Å². The molecule has 7 heteroatoms. The number of nitrogens with one attached hydrogen (secondary N) is 2. The van der Waals surface area contributed by atoms with Crippen molar-refractivity contribution in [1.29, 1.82) is 0 Å². The fourth-order valence-electron chi connectivity index (χ4n) is 4.17. The first-order chi connectivity index (χ1) is 14.6. The number of nitrogens with zero attached hydrogens (tertiary/aromatic N) is 2. The van der Waals surface area contributed by atoms with Crippen molar-refractivity contribution < 1.29 is 9.18 Å². The first-order valence-corrected chi connectivity index (χ1v) is 10.4. The highest BCUT2D eigenvalue weighted by Crippen LogP contribution is 2.23. The Morgan fingerprint density at radius 2 is 1.90 bits per heavy atom. The molecule has 0 spiro atoms. The maximum Gasteiger partial charge on any atom is 0.272 e. The molecule has 6 nitrogen and oxygen atoms in total. The topological polar surface area (TPSA) is 78.1 Å². The summed E-state index contributed by atoms with van der Waals surface area (Å²) in [5.74, 6) is -0.793. The van der Waals surface area contributed by atoms with Crippen LogP contribution in [0.5, 0.6) is 0 Å². The Morgan fingerprint density at radius 1 is 1.13 bits per heavy atom. The van der Waals surface area contributed by atoms with Gasteiger partial charge in [-0.3, -0.25) is 9.59 Å². The predicted molar refractivity (Wildman–Crippen MR) is 112 cm³/mol. The summed E-state index contributed by atoms with van der Waals surface area (Å²) in [5, 5.41) is 11.6. The highest BCUT2D eigenvalue weighted by atomic mass is 19.1. The molecular formula is C23H23FN4O2. The minimum atomic E-state index is -0.515. The van der Waals surface area contributed by atoms with Crippen LogP contribution < -0.4 is 10.9 Å². The van der Waals surface area contributed by atoms with Crippen LogP contribution in [-0.4, -0.2) is 46.2 Å². The lowest BCUT2D eigenvalue weighted by atomic mass is 9.91. The van der Waals surface area contributed by atoms with Gasteiger partial charge in [-0.1, -0.05) is 30.7 Å². The fourth-order valence-corrected chi connectivity index (χ4v) is 4.17. The van der Waals surface area contributed by atoms with E-state index in [1.807, 2.05) is 12.1 Å². The van der Waals surface area contributed by atoms with Crippen LogP contribution in [0.4, 0.5) is 4.39 Å². The molecule has 1 amide bonds. The van der Waals surface area contributed by atoms with Crippen LogP contribution in [0.3, 0.4) is 0 Å². The molecule has 154 valence electrons. The van der Waals surface area contributed by atoms with E-state index in [-0.39, 0.29) is 17.0 Å². The zero-order valence-electron chi connectivity index (χ0n) is 16.5. The highest BCUT2D eigenvalue weighted by molar-refractivity contribution is 5.95. The second-order valence-electron chi connectivity index (χ2n) is 8.24. The number of amides is 1. The van der Waals surface area contributed by atoms with E-state index >= 15 is 0 Å². The van der Waals surface area contributed by atoms with Crippen molar-refractivity contribution in [1.82, 2.24) is 20.4 Å². The predicted octanol–water partition coefficient (Wildman–Crippen LogP) is 2.62. The summed E-state index contributed by atoms with van der Waals surface area (Å²) in [6, 6.07) is 12.7. The van der Waals surface area contributed by atoms with Gasteiger partial charge in [-0.2, -0.15) is 5.10 Å². The van der Waals surface area contributed by atoms with Crippen LogP contribution in [-0.2, 0) is 6.42 Å². The Hall–Kier alpha value is -3.06. The highest BCUT2D eigenvalue weighted by Gasteiger charge is 2.34. The van der Waals surface area contributed by atoms with Crippen molar-refractivity contribution in [2.75, 3.05) is 13.1 Å². The molecule has 0 unspecified atom stereocenters. The molecule has 3 aromatic rings. The third kappa shape index (κ3) is 3.50. The molecular weight excluding hydrogens is 383 g/mol. The fraction of sp³-hybridized carbons (Fsp3) is 0.348. The summed E-state index contributed by atoms with van der Waals surface area (Å²) in [5.41, 5.74) is 1.30. The van der Waals surface area contributed by atoms with Gasteiger partial charge in [0.05, 0.1) is 16.6 Å². The molecule has 1 aliphatic heterocycles. The van der Waals surface area contributed by atoms with Crippen LogP contribution in [0.15, 0.2) is 47.3 Å². The van der Waals surface area contributed by atoms with Crippen molar-refractivity contribution in [3.05, 3.63) is 75.5 Å². The minimum absolute atomic E-state index is 0.0864. The normalized spacial score (nSPS) is 17.0. The van der Waals surface area contributed by atoms with E-state index in [4.69, 9.17) is 0 Å². The molecule has 1 aliphatic carbocycles. The van der Waals surface area contributed by atoms with Gasteiger partial charge in [0.1, 0.15) is 5.82 Å². The van der Waals surface area contributed by atoms with E-state index in [2.05, 4.69) is 15.5 Å². The zero-order valence-corrected chi connectivity index (χ0v) is 16.5. The third-order valence-electron chi connectivity index (χ3n) is 6.15. The number of carbonyl (C=O) groups is 1. The minimum Gasteiger partial charge on any atom is -0.335 e. The van der Waals surface area contributed by atoms with Crippen LogP contribution in [0.25, 0.3) is 10.8 Å². The lowest BCUT2D eigenvalue weighted by molar-refractivity contribution is 0.0528. The van der Waals surface area contributed by atoms with Crippen molar-refractivity contribution in [2.45, 2.75) is 37.8 Å². The van der Waals surface area contributed by atoms with Gasteiger partial charge in [0.15, 0.2) is 0 Å². The Bertz CT molecular complexity index is 1170. The maximum atomic E-state index is 14.4. The van der Waals surface area contributed by atoms with Crippen LogP contribution in [0, 0.1) is 5.82 Å². The van der Waals surface area contributed by atoms with Gasteiger partial charge < -0.3 is 10.2 Å². The molecule has 0 bridgehead atoms. The van der Waals surface area contributed by atoms with E-state index in [9.17, 15) is 14.0 Å². The van der Waals surface area contributed by atoms with Gasteiger partial charge in [-0.25, -0.2) is 9.49 Å². The maximum absolute atomic E-state index is 14.4. The summed E-state index contributed by atoms with van der Waals surface area (Å²) >= 11 is 0. The molecule has 5 rings (SSSR count). The van der Waals surface area contributed by atoms with Gasteiger partial charge in [-0.05, 0) is 36.6 Å². The lowest BCUT2D eigenvalue weighted by Gasteiger charge is -2.43. The van der Waals surface area contributed by atoms with Crippen LogP contribution in [0.1, 0.15) is 40.9 Å². The van der Waals surface area contributed by atoms with Gasteiger partial charge in [0.2, 0.25) is 0 Å². The van der Waals surface area contributed by atoms with E-state index in [0.29, 0.717) is 42.7 Å². The Labute approximate surface area is 173 Å². The van der Waals surface area contributed by atoms with E-state index in [1.54, 1.807) is 29.2 Å². The van der Waals surface area contributed by atoms with Crippen molar-refractivity contribution in [2.24, 2.45) is 0 Å². The van der Waals surface area contributed by atoms with Gasteiger partial charge in [0, 0.05) is 37.0 Å². The number of aromatic nitrogens is 2. The van der Waals surface area contributed by atoms with E-state index in [1.165, 1.54) is 25.3 Å². The quantitative estimate of drug-likeness (QED) is 0.683. The third-order valence-corrected chi connectivity index (χ3v) is 6.15. The molecule has 1 aromatic heterocycles. The summed E-state index contributed by atoms with van der Waals surface area (Å²) in [4.78, 5) is 26.5. The number of likely N-dealkylation sites (tertiary alicyclic amines) is 1. The number of fused-ring (bicyclic) bond motifs is 1. The first kappa shape index (κ1) is 18.9. The van der Waals surface area contributed by atoms with Crippen molar-refractivity contribution >= 4 is 16.7 Å². The first-order valence-electron chi connectivity index (χ1n) is 10.4. The number of benzene rings is 2. The monoisotopic (exact) mass is 406 g/mol. The van der Waals surface area contributed by atoms with Crippen LogP contribution in [0.2, 0.25) is 0 Å². The van der Waals surface area contributed by atoms with Crippen LogP contribution >= 0.6 is 0 Å². The summed E-state index contributed by atoms with van der Waals surface area (Å²) in [7, 11) is 0. The van der Waals surface area contributed by atoms with Gasteiger partial charge >= 0.3 is 0 Å². The number of H-pyrrole nitrogens is 1. The Kier molecular flexibility index (Phi) is 4.83. The molecule has 1 saturated carbocycles. The second-order valence-corrected chi connectivity index (χ2v) is 8.24. The Morgan fingerprint density at radius 3 is 2.63 bits per heavy atom. The molecule has 2 heterocycles. The van der Waals surface area contributed by atoms with Crippen molar-refractivity contribution in [3.8, 4) is 0 Å². The SMILES string of the molecule is O=C(c1cc(Cc2n[nH]c(=O)c3ccccc23)ccc1F)N1CC(NC2CCC2)C1. The molecule has 2 fully saturated rings. The molecule has 30 heavy (non-hydrogen) atoms. The zero-order chi connectivity index (χ0) is 20.7. The number of halogens is 1. The average Bonchev–Trinajstić information content (AvgIpc) is 2.69. The summed E-state index contributed by atoms with van der Waals surface area (Å²) in [6.07, 6.45) is 4.07. The van der Waals surface area contributed by atoms with E-state index in [0.717, 1.165) is 10.9 Å². The van der Waals surface area contributed by atoms with Gasteiger partial charge in [0.25, 0.3) is 11.5 Å². The summed E-state index contributed by atoms with van der Waals surface area (Å²) < 4.78 is 14.4. The molecule has 0 radical (unpaired) electrons. The summed E-state index contributed by atoms with van der Waals surface area (Å²) in [6.45, 7) is 1.23. The molecule has 2 N–H and O–H groups in total. The molecule has 2 aromatic carbocycles. The molecule has 0 atom stereocenters. The van der Waals surface area contributed by atoms with Crippen molar-refractivity contribution in [3.63, 3.8) is 0 Å². The number of aromatic amines is 1. The van der Waals surface area contributed by atoms with Gasteiger partial charge in [-0.15, -0.1) is 0 Å². The Balaban J connectivity index is 1.34. The lowest BCUT2D eigenvalue weighted by Crippen LogP contribution is -2.62. The molecule has 2 aliphatic rings. The second kappa shape index (κ2) is 7.65. The smallest absolute Gasteiger partial charge is 0.272 e.